The molecule has 2 unspecified atom stereocenters. The summed E-state index contributed by atoms with van der Waals surface area (Å²) in [7, 11) is 0. The van der Waals surface area contributed by atoms with Crippen molar-refractivity contribution >= 4 is 43.2 Å². The molecule has 1 saturated carbocycles. The van der Waals surface area contributed by atoms with Crippen molar-refractivity contribution < 1.29 is 0 Å². The number of hydrogen-bond donors (Lipinski definition) is 0. The van der Waals surface area contributed by atoms with Crippen LogP contribution in [0, 0.1) is 5.92 Å². The van der Waals surface area contributed by atoms with Gasteiger partial charge in [-0.05, 0) is 53.6 Å². The van der Waals surface area contributed by atoms with Gasteiger partial charge in [-0.1, -0.05) is 15.9 Å². The first kappa shape index (κ1) is 10.2. The summed E-state index contributed by atoms with van der Waals surface area (Å²) in [4.78, 5) is 2.30. The van der Waals surface area contributed by atoms with Gasteiger partial charge in [-0.15, -0.1) is 11.3 Å². The smallest absolute Gasteiger partial charge is 0.0285 e. The SMILES string of the molecule is Brc1csc(CC2CCC(Br)C2)c1. The molecule has 0 N–H and O–H groups in total. The number of rotatable bonds is 2. The first-order chi connectivity index (χ1) is 6.24. The molecule has 0 amide bonds. The van der Waals surface area contributed by atoms with Crippen LogP contribution in [0.5, 0.6) is 0 Å². The fourth-order valence-electron chi connectivity index (χ4n) is 1.94. The van der Waals surface area contributed by atoms with Crippen LogP contribution >= 0.6 is 43.2 Å². The molecule has 0 aliphatic heterocycles. The second kappa shape index (κ2) is 4.45. The van der Waals surface area contributed by atoms with E-state index in [1.54, 1.807) is 0 Å². The predicted octanol–water partition coefficient (Wildman–Crippen LogP) is 4.62. The second-order valence-electron chi connectivity index (χ2n) is 3.71. The van der Waals surface area contributed by atoms with Crippen molar-refractivity contribution in [2.45, 2.75) is 30.5 Å². The monoisotopic (exact) mass is 322 g/mol. The molecule has 1 aromatic heterocycles. The third kappa shape index (κ3) is 2.80. The van der Waals surface area contributed by atoms with Gasteiger partial charge in [-0.2, -0.15) is 0 Å². The summed E-state index contributed by atoms with van der Waals surface area (Å²) in [5.74, 6) is 0.912. The lowest BCUT2D eigenvalue weighted by Crippen LogP contribution is -1.98. The lowest BCUT2D eigenvalue weighted by Gasteiger charge is -2.05. The highest BCUT2D eigenvalue weighted by Gasteiger charge is 2.22. The average Bonchev–Trinajstić information content (AvgIpc) is 2.62. The zero-order chi connectivity index (χ0) is 9.26. The predicted molar refractivity (Wildman–Crippen MR) is 65.8 cm³/mol. The Balaban J connectivity index is 1.91. The molecule has 0 nitrogen and oxygen atoms in total. The quantitative estimate of drug-likeness (QED) is 0.697. The van der Waals surface area contributed by atoms with E-state index in [0.29, 0.717) is 0 Å². The third-order valence-corrected chi connectivity index (χ3v) is 5.14. The molecule has 3 heteroatoms. The van der Waals surface area contributed by atoms with E-state index in [1.807, 2.05) is 11.3 Å². The minimum Gasteiger partial charge on any atom is -0.148 e. The van der Waals surface area contributed by atoms with E-state index in [0.717, 1.165) is 10.7 Å². The van der Waals surface area contributed by atoms with Gasteiger partial charge in [-0.3, -0.25) is 0 Å². The van der Waals surface area contributed by atoms with Crippen molar-refractivity contribution in [3.8, 4) is 0 Å². The molecule has 72 valence electrons. The zero-order valence-corrected chi connectivity index (χ0v) is 11.3. The van der Waals surface area contributed by atoms with Crippen molar-refractivity contribution in [3.05, 3.63) is 20.8 Å². The van der Waals surface area contributed by atoms with Crippen LogP contribution < -0.4 is 0 Å². The molecule has 0 aromatic carbocycles. The Hall–Kier alpha value is 0.660. The van der Waals surface area contributed by atoms with E-state index >= 15 is 0 Å². The van der Waals surface area contributed by atoms with Gasteiger partial charge in [-0.25, -0.2) is 0 Å². The minimum atomic E-state index is 0.779. The maximum absolute atomic E-state index is 3.69. The molecule has 13 heavy (non-hydrogen) atoms. The largest absolute Gasteiger partial charge is 0.148 e. The molecule has 1 aromatic rings. The number of alkyl halides is 1. The van der Waals surface area contributed by atoms with E-state index in [-0.39, 0.29) is 0 Å². The fraction of sp³-hybridized carbons (Fsp3) is 0.600. The number of thiophene rings is 1. The summed E-state index contributed by atoms with van der Waals surface area (Å²) in [6, 6.07) is 2.26. The Labute approximate surface area is 100.0 Å². The highest BCUT2D eigenvalue weighted by atomic mass is 79.9. The topological polar surface area (TPSA) is 0 Å². The van der Waals surface area contributed by atoms with Gasteiger partial charge in [0.2, 0.25) is 0 Å². The second-order valence-corrected chi connectivity index (χ2v) is 6.92. The molecular weight excluding hydrogens is 312 g/mol. The number of hydrogen-bond acceptors (Lipinski definition) is 1. The molecule has 2 rings (SSSR count). The van der Waals surface area contributed by atoms with Crippen LogP contribution in [0.15, 0.2) is 15.9 Å². The van der Waals surface area contributed by atoms with Gasteiger partial charge in [0, 0.05) is 19.6 Å². The van der Waals surface area contributed by atoms with Crippen molar-refractivity contribution in [1.29, 1.82) is 0 Å². The molecule has 1 aliphatic rings. The van der Waals surface area contributed by atoms with Gasteiger partial charge in [0.05, 0.1) is 0 Å². The van der Waals surface area contributed by atoms with E-state index in [1.165, 1.54) is 35.0 Å². The maximum atomic E-state index is 3.69. The molecular formula is C10H12Br2S. The van der Waals surface area contributed by atoms with Gasteiger partial charge >= 0.3 is 0 Å². The van der Waals surface area contributed by atoms with Gasteiger partial charge in [0.1, 0.15) is 0 Å². The van der Waals surface area contributed by atoms with Crippen LogP contribution in [0.2, 0.25) is 0 Å². The van der Waals surface area contributed by atoms with E-state index < -0.39 is 0 Å². The molecule has 0 saturated heterocycles. The molecule has 1 aliphatic carbocycles. The summed E-state index contributed by atoms with van der Waals surface area (Å²) in [5, 5.41) is 2.18. The normalized spacial score (nSPS) is 28.2. The van der Waals surface area contributed by atoms with Crippen LogP contribution in [-0.4, -0.2) is 4.83 Å². The van der Waals surface area contributed by atoms with Gasteiger partial charge < -0.3 is 0 Å². The number of halogens is 2. The maximum Gasteiger partial charge on any atom is 0.0285 e. The van der Waals surface area contributed by atoms with Crippen LogP contribution in [-0.2, 0) is 6.42 Å². The molecule has 0 spiro atoms. The summed E-state index contributed by atoms with van der Waals surface area (Å²) in [6.07, 6.45) is 5.39. The summed E-state index contributed by atoms with van der Waals surface area (Å²) >= 11 is 9.06. The molecule has 0 radical (unpaired) electrons. The van der Waals surface area contributed by atoms with Crippen molar-refractivity contribution in [2.24, 2.45) is 5.92 Å². The van der Waals surface area contributed by atoms with Crippen LogP contribution in [0.3, 0.4) is 0 Å². The van der Waals surface area contributed by atoms with Crippen LogP contribution in [0.1, 0.15) is 24.1 Å². The molecule has 1 heterocycles. The highest BCUT2D eigenvalue weighted by Crippen LogP contribution is 2.34. The van der Waals surface area contributed by atoms with E-state index in [2.05, 4.69) is 43.3 Å². The summed E-state index contributed by atoms with van der Waals surface area (Å²) in [6.45, 7) is 0. The highest BCUT2D eigenvalue weighted by molar-refractivity contribution is 9.10. The van der Waals surface area contributed by atoms with Crippen molar-refractivity contribution in [3.63, 3.8) is 0 Å². The molecule has 0 bridgehead atoms. The lowest BCUT2D eigenvalue weighted by atomic mass is 10.0. The zero-order valence-electron chi connectivity index (χ0n) is 7.30. The van der Waals surface area contributed by atoms with Crippen LogP contribution in [0.4, 0.5) is 0 Å². The Morgan fingerprint density at radius 3 is 2.85 bits per heavy atom. The van der Waals surface area contributed by atoms with Gasteiger partial charge in [0.25, 0.3) is 0 Å². The Morgan fingerprint density at radius 2 is 2.31 bits per heavy atom. The lowest BCUT2D eigenvalue weighted by molar-refractivity contribution is 0.553. The minimum absolute atomic E-state index is 0.779. The van der Waals surface area contributed by atoms with Crippen molar-refractivity contribution in [1.82, 2.24) is 0 Å². The molecule has 1 fully saturated rings. The third-order valence-electron chi connectivity index (χ3n) is 2.59. The standard InChI is InChI=1S/C10H12Br2S/c11-8-2-1-7(3-8)4-10-5-9(12)6-13-10/h5-8H,1-4H2. The van der Waals surface area contributed by atoms with Crippen LogP contribution in [0.25, 0.3) is 0 Å². The van der Waals surface area contributed by atoms with E-state index in [9.17, 15) is 0 Å². The Morgan fingerprint density at radius 1 is 1.46 bits per heavy atom. The van der Waals surface area contributed by atoms with Crippen molar-refractivity contribution in [2.75, 3.05) is 0 Å². The first-order valence-corrected chi connectivity index (χ1v) is 7.20. The average molecular weight is 324 g/mol. The van der Waals surface area contributed by atoms with E-state index in [4.69, 9.17) is 0 Å². The molecule has 2 atom stereocenters. The Kier molecular flexibility index (Phi) is 3.49. The van der Waals surface area contributed by atoms with Gasteiger partial charge in [0.15, 0.2) is 0 Å². The fourth-order valence-corrected chi connectivity index (χ4v) is 4.30. The summed E-state index contributed by atoms with van der Waals surface area (Å²) in [5.41, 5.74) is 0. The Bertz CT molecular complexity index is 282. The summed E-state index contributed by atoms with van der Waals surface area (Å²) < 4.78 is 1.24. The first-order valence-electron chi connectivity index (χ1n) is 4.61.